The molecule has 9 aromatic carbocycles. The minimum Gasteiger partial charge on any atom is -0.0610 e. The lowest BCUT2D eigenvalue weighted by Gasteiger charge is -2.19. The van der Waals surface area contributed by atoms with Crippen LogP contribution in [0.15, 0.2) is 121 Å². The molecular formula is C40H26. The Balaban J connectivity index is 1.29. The maximum Gasteiger partial charge on any atom is -0.00206 e. The monoisotopic (exact) mass is 506 g/mol. The first kappa shape index (κ1) is 21.9. The van der Waals surface area contributed by atoms with E-state index < -0.39 is 0 Å². The average molecular weight is 507 g/mol. The third kappa shape index (κ3) is 2.86. The van der Waals surface area contributed by atoms with E-state index in [1.54, 1.807) is 0 Å². The molecule has 0 spiro atoms. The SMILES string of the molecule is Cc1cc(-c2ccc3ccc4cccc5ccc2c3c45)c(C)cc1-c1ccc2ccc3cccc4ccc1c2c34. The third-order valence-corrected chi connectivity index (χ3v) is 9.21. The quantitative estimate of drug-likeness (QED) is 0.205. The van der Waals surface area contributed by atoms with Crippen molar-refractivity contribution in [2.45, 2.75) is 13.8 Å². The number of benzene rings is 9. The number of rotatable bonds is 2. The van der Waals surface area contributed by atoms with Crippen molar-refractivity contribution >= 4 is 64.6 Å². The van der Waals surface area contributed by atoms with Gasteiger partial charge >= 0.3 is 0 Å². The first-order chi connectivity index (χ1) is 19.7. The first-order valence-corrected chi connectivity index (χ1v) is 14.1. The van der Waals surface area contributed by atoms with E-state index in [2.05, 4.69) is 135 Å². The van der Waals surface area contributed by atoms with Gasteiger partial charge in [0.15, 0.2) is 0 Å². The highest BCUT2D eigenvalue weighted by Gasteiger charge is 2.17. The van der Waals surface area contributed by atoms with Crippen LogP contribution in [0.25, 0.3) is 86.9 Å². The molecule has 0 saturated heterocycles. The maximum absolute atomic E-state index is 2.41. The molecule has 0 aromatic heterocycles. The van der Waals surface area contributed by atoms with Gasteiger partial charge in [-0.15, -0.1) is 0 Å². The van der Waals surface area contributed by atoms with E-state index in [4.69, 9.17) is 0 Å². The van der Waals surface area contributed by atoms with Crippen LogP contribution < -0.4 is 0 Å². The van der Waals surface area contributed by atoms with Gasteiger partial charge in [-0.25, -0.2) is 0 Å². The lowest BCUT2D eigenvalue weighted by molar-refractivity contribution is 1.40. The third-order valence-electron chi connectivity index (χ3n) is 9.21. The van der Waals surface area contributed by atoms with E-state index in [0.29, 0.717) is 0 Å². The number of hydrogen-bond donors (Lipinski definition) is 0. The zero-order valence-electron chi connectivity index (χ0n) is 22.5. The van der Waals surface area contributed by atoms with Crippen LogP contribution in [-0.4, -0.2) is 0 Å². The molecule has 0 fully saturated rings. The normalized spacial score (nSPS) is 12.2. The van der Waals surface area contributed by atoms with Crippen LogP contribution in [0.1, 0.15) is 11.1 Å². The van der Waals surface area contributed by atoms with Crippen molar-refractivity contribution in [2.24, 2.45) is 0 Å². The highest BCUT2D eigenvalue weighted by molar-refractivity contribution is 6.27. The van der Waals surface area contributed by atoms with Crippen LogP contribution in [-0.2, 0) is 0 Å². The van der Waals surface area contributed by atoms with Crippen molar-refractivity contribution in [1.29, 1.82) is 0 Å². The Hall–Kier alpha value is -4.94. The zero-order chi connectivity index (χ0) is 26.5. The van der Waals surface area contributed by atoms with Gasteiger partial charge in [-0.2, -0.15) is 0 Å². The highest BCUT2D eigenvalue weighted by atomic mass is 14.2. The molecule has 0 amide bonds. The Kier molecular flexibility index (Phi) is 4.28. The van der Waals surface area contributed by atoms with Crippen molar-refractivity contribution in [1.82, 2.24) is 0 Å². The smallest absolute Gasteiger partial charge is 0.00206 e. The standard InChI is InChI=1S/C40H26/c1-23-21-36(32-18-14-30-12-10-26-6-4-8-28-16-20-34(32)40(30)38(26)28)24(2)22-35(23)31-17-13-29-11-9-25-5-3-7-27-15-19-33(31)39(29)37(25)27/h3-22H,1-2H3. The van der Waals surface area contributed by atoms with Crippen LogP contribution in [0.2, 0.25) is 0 Å². The first-order valence-electron chi connectivity index (χ1n) is 14.1. The van der Waals surface area contributed by atoms with Crippen molar-refractivity contribution in [3.05, 3.63) is 132 Å². The van der Waals surface area contributed by atoms with E-state index in [1.807, 2.05) is 0 Å². The lowest BCUT2D eigenvalue weighted by atomic mass is 9.85. The fourth-order valence-corrected chi connectivity index (χ4v) is 7.34. The predicted molar refractivity (Wildman–Crippen MR) is 174 cm³/mol. The van der Waals surface area contributed by atoms with Gasteiger partial charge in [0.2, 0.25) is 0 Å². The topological polar surface area (TPSA) is 0 Å². The number of aryl methyl sites for hydroxylation is 2. The molecule has 0 N–H and O–H groups in total. The highest BCUT2D eigenvalue weighted by Crippen LogP contribution is 2.43. The van der Waals surface area contributed by atoms with Gasteiger partial charge in [0.25, 0.3) is 0 Å². The molecule has 186 valence electrons. The van der Waals surface area contributed by atoms with E-state index in [1.165, 1.54) is 98.0 Å². The summed E-state index contributed by atoms with van der Waals surface area (Å²) in [5.41, 5.74) is 7.87. The largest absolute Gasteiger partial charge is 0.0610 e. The molecule has 0 aliphatic heterocycles. The van der Waals surface area contributed by atoms with Gasteiger partial charge in [0.05, 0.1) is 0 Å². The van der Waals surface area contributed by atoms with E-state index in [0.717, 1.165) is 0 Å². The molecule has 0 heterocycles. The fraction of sp³-hybridized carbons (Fsp3) is 0.0500. The molecule has 0 bridgehead atoms. The van der Waals surface area contributed by atoms with Crippen molar-refractivity contribution in [3.63, 3.8) is 0 Å². The van der Waals surface area contributed by atoms with Gasteiger partial charge in [0.1, 0.15) is 0 Å². The van der Waals surface area contributed by atoms with E-state index >= 15 is 0 Å². The van der Waals surface area contributed by atoms with Crippen LogP contribution >= 0.6 is 0 Å². The zero-order valence-corrected chi connectivity index (χ0v) is 22.5. The minimum absolute atomic E-state index is 1.31. The van der Waals surface area contributed by atoms with Crippen LogP contribution in [0, 0.1) is 13.8 Å². The van der Waals surface area contributed by atoms with Gasteiger partial charge in [-0.3, -0.25) is 0 Å². The molecule has 9 aromatic rings. The molecule has 0 heteroatoms. The molecule has 0 atom stereocenters. The summed E-state index contributed by atoms with van der Waals surface area (Å²) in [6, 6.07) is 45.6. The summed E-state index contributed by atoms with van der Waals surface area (Å²) in [4.78, 5) is 0. The maximum atomic E-state index is 2.41. The summed E-state index contributed by atoms with van der Waals surface area (Å²) < 4.78 is 0. The van der Waals surface area contributed by atoms with Gasteiger partial charge < -0.3 is 0 Å². The van der Waals surface area contributed by atoms with E-state index in [9.17, 15) is 0 Å². The van der Waals surface area contributed by atoms with Gasteiger partial charge in [-0.1, -0.05) is 121 Å². The van der Waals surface area contributed by atoms with Crippen LogP contribution in [0.3, 0.4) is 0 Å². The van der Waals surface area contributed by atoms with E-state index in [-0.39, 0.29) is 0 Å². The summed E-state index contributed by atoms with van der Waals surface area (Å²) in [5, 5.41) is 16.0. The molecule has 0 nitrogen and oxygen atoms in total. The predicted octanol–water partition coefficient (Wildman–Crippen LogP) is 11.4. The second-order valence-corrected chi connectivity index (χ2v) is 11.4. The second-order valence-electron chi connectivity index (χ2n) is 11.4. The molecule has 0 aliphatic rings. The number of hydrogen-bond acceptors (Lipinski definition) is 0. The summed E-state index contributed by atoms with van der Waals surface area (Å²) >= 11 is 0. The summed E-state index contributed by atoms with van der Waals surface area (Å²) in [6.07, 6.45) is 0. The molecule has 0 unspecified atom stereocenters. The van der Waals surface area contributed by atoms with Crippen LogP contribution in [0.4, 0.5) is 0 Å². The minimum atomic E-state index is 1.31. The Bertz CT molecular complexity index is 2230. The van der Waals surface area contributed by atoms with Gasteiger partial charge in [-0.05, 0) is 112 Å². The summed E-state index contributed by atoms with van der Waals surface area (Å²) in [6.45, 7) is 4.54. The molecule has 40 heavy (non-hydrogen) atoms. The van der Waals surface area contributed by atoms with Crippen molar-refractivity contribution in [3.8, 4) is 22.3 Å². The lowest BCUT2D eigenvalue weighted by Crippen LogP contribution is -1.93. The second kappa shape index (κ2) is 7.81. The Morgan fingerprint density at radius 3 is 1.02 bits per heavy atom. The molecule has 0 aliphatic carbocycles. The van der Waals surface area contributed by atoms with Crippen molar-refractivity contribution < 1.29 is 0 Å². The molecule has 9 rings (SSSR count). The van der Waals surface area contributed by atoms with Gasteiger partial charge in [0, 0.05) is 0 Å². The Labute approximate surface area is 232 Å². The Morgan fingerprint density at radius 1 is 0.300 bits per heavy atom. The Morgan fingerprint density at radius 2 is 0.625 bits per heavy atom. The van der Waals surface area contributed by atoms with Crippen molar-refractivity contribution in [2.75, 3.05) is 0 Å². The summed E-state index contributed by atoms with van der Waals surface area (Å²) in [7, 11) is 0. The average Bonchev–Trinajstić information content (AvgIpc) is 3.00. The molecular weight excluding hydrogens is 480 g/mol. The summed E-state index contributed by atoms with van der Waals surface area (Å²) in [5.74, 6) is 0. The fourth-order valence-electron chi connectivity index (χ4n) is 7.34. The molecule has 0 saturated carbocycles. The molecule has 0 radical (unpaired) electrons. The van der Waals surface area contributed by atoms with Crippen LogP contribution in [0.5, 0.6) is 0 Å².